The van der Waals surface area contributed by atoms with Gasteiger partial charge in [0.05, 0.1) is 27.7 Å². The maximum Gasteiger partial charge on any atom is 0.306 e. The Labute approximate surface area is 553 Å². The van der Waals surface area contributed by atoms with Crippen LogP contribution in [-0.2, 0) is 32.7 Å². The minimum Gasteiger partial charge on any atom is -0.756 e. The maximum atomic E-state index is 12.9. The van der Waals surface area contributed by atoms with Crippen LogP contribution in [0.4, 0.5) is 0 Å². The zero-order valence-electron chi connectivity index (χ0n) is 58.0. The Morgan fingerprint density at radius 3 is 0.944 bits per heavy atom. The van der Waals surface area contributed by atoms with Crippen molar-refractivity contribution in [3.8, 4) is 0 Å². The molecule has 0 radical (unpaired) electrons. The van der Waals surface area contributed by atoms with Crippen LogP contribution in [0.3, 0.4) is 0 Å². The number of allylic oxidation sites excluding steroid dienone is 28. The fourth-order valence-electron chi connectivity index (χ4n) is 9.26. The number of hydrogen-bond donors (Lipinski definition) is 0. The Bertz CT molecular complexity index is 2130. The van der Waals surface area contributed by atoms with E-state index in [4.69, 9.17) is 18.5 Å². The van der Waals surface area contributed by atoms with Crippen LogP contribution in [0.15, 0.2) is 170 Å². The molecular weight excluding hydrogens is 1130 g/mol. The molecule has 0 fully saturated rings. The summed E-state index contributed by atoms with van der Waals surface area (Å²) in [6.45, 7) is 4.09. The van der Waals surface area contributed by atoms with Gasteiger partial charge in [-0.15, -0.1) is 0 Å². The number of nitrogens with zero attached hydrogens (tertiary/aromatic N) is 1. The molecule has 9 nitrogen and oxygen atoms in total. The van der Waals surface area contributed by atoms with Crippen molar-refractivity contribution in [3.63, 3.8) is 0 Å². The Morgan fingerprint density at radius 1 is 0.356 bits per heavy atom. The molecule has 0 heterocycles. The second kappa shape index (κ2) is 68.7. The van der Waals surface area contributed by atoms with Gasteiger partial charge in [-0.2, -0.15) is 0 Å². The van der Waals surface area contributed by atoms with Crippen LogP contribution in [0.5, 0.6) is 0 Å². The summed E-state index contributed by atoms with van der Waals surface area (Å²) in [5.74, 6) is -0.858. The lowest BCUT2D eigenvalue weighted by molar-refractivity contribution is -0.870. The molecule has 0 aromatic carbocycles. The monoisotopic (exact) mass is 1270 g/mol. The van der Waals surface area contributed by atoms with Crippen LogP contribution in [-0.4, -0.2) is 70.0 Å². The Kier molecular flexibility index (Phi) is 65.2. The van der Waals surface area contributed by atoms with Crippen LogP contribution in [0, 0.1) is 0 Å². The lowest BCUT2D eigenvalue weighted by atomic mass is 10.1. The lowest BCUT2D eigenvalue weighted by Crippen LogP contribution is -2.37. The van der Waals surface area contributed by atoms with Crippen molar-refractivity contribution >= 4 is 19.8 Å². The number of phosphoric ester groups is 1. The van der Waals surface area contributed by atoms with Gasteiger partial charge < -0.3 is 27.9 Å². The molecule has 510 valence electrons. The molecule has 0 rings (SSSR count). The van der Waals surface area contributed by atoms with Crippen LogP contribution < -0.4 is 4.89 Å². The van der Waals surface area contributed by atoms with E-state index >= 15 is 0 Å². The maximum absolute atomic E-state index is 12.9. The minimum absolute atomic E-state index is 0.0423. The number of rotatable bonds is 64. The lowest BCUT2D eigenvalue weighted by Gasteiger charge is -2.28. The number of esters is 2. The second-order valence-corrected chi connectivity index (χ2v) is 25.9. The number of ether oxygens (including phenoxy) is 2. The molecule has 0 aliphatic carbocycles. The molecule has 2 atom stereocenters. The highest BCUT2D eigenvalue weighted by molar-refractivity contribution is 7.45. The Balaban J connectivity index is 4.15. The van der Waals surface area contributed by atoms with Gasteiger partial charge in [-0.3, -0.25) is 14.2 Å². The molecule has 10 heteroatoms. The standard InChI is InChI=1S/C80H132NO8P/c1-6-8-10-12-14-16-18-20-22-24-26-28-30-32-33-34-35-36-37-38-39-40-41-42-43-44-45-46-47-49-51-53-55-57-59-61-63-65-67-69-71-73-80(83)89-78(77-88-90(84,85)87-75-74-81(3,4)5)76-86-79(82)72-70-68-66-64-62-60-58-56-54-52-50-48-31-29-27-25-23-21-19-17-15-13-11-9-7-2/h8,10,14,16,19-22,25-28,31-33,35-36,38-39,41-42,44-45,47-49,53,55,78H,6-7,9,11-13,15,17-18,23-24,29-30,34,37,40,43,46,50-52,54,56-77H2,1-5H3/b10-8-,16-14-,21-19-,22-20-,27-25-,28-26-,33-32-,36-35-,39-38-,42-41-,45-44-,48-31-,49-47-,55-53-. The third-order valence-electron chi connectivity index (χ3n) is 14.7. The Hall–Kier alpha value is -4.63. The largest absolute Gasteiger partial charge is 0.756 e. The molecule has 0 aromatic rings. The molecule has 90 heavy (non-hydrogen) atoms. The zero-order valence-corrected chi connectivity index (χ0v) is 58.9. The molecule has 0 saturated carbocycles. The second-order valence-electron chi connectivity index (χ2n) is 24.5. The van der Waals surface area contributed by atoms with Crippen molar-refractivity contribution in [1.82, 2.24) is 0 Å². The first-order valence-electron chi connectivity index (χ1n) is 35.8. The summed E-state index contributed by atoms with van der Waals surface area (Å²) >= 11 is 0. The average Bonchev–Trinajstić information content (AvgIpc) is 3.62. The summed E-state index contributed by atoms with van der Waals surface area (Å²) < 4.78 is 34.3. The molecule has 0 aliphatic rings. The van der Waals surface area contributed by atoms with Gasteiger partial charge in [0.25, 0.3) is 7.82 Å². The van der Waals surface area contributed by atoms with Crippen molar-refractivity contribution in [2.75, 3.05) is 47.5 Å². The molecule has 0 saturated heterocycles. The molecule has 2 unspecified atom stereocenters. The van der Waals surface area contributed by atoms with Crippen LogP contribution in [0.2, 0.25) is 0 Å². The van der Waals surface area contributed by atoms with Gasteiger partial charge in [0.1, 0.15) is 19.8 Å². The summed E-state index contributed by atoms with van der Waals surface area (Å²) in [4.78, 5) is 38.1. The van der Waals surface area contributed by atoms with Crippen LogP contribution in [0.1, 0.15) is 271 Å². The first kappa shape index (κ1) is 85.4. The number of carbonyl (C=O) groups excluding carboxylic acids is 2. The fourth-order valence-corrected chi connectivity index (χ4v) is 9.99. The Morgan fingerprint density at radius 2 is 0.633 bits per heavy atom. The van der Waals surface area contributed by atoms with Crippen molar-refractivity contribution < 1.29 is 42.1 Å². The van der Waals surface area contributed by atoms with E-state index in [-0.39, 0.29) is 26.1 Å². The molecular formula is C80H132NO8P. The number of unbranched alkanes of at least 4 members (excludes halogenated alkanes) is 22. The third-order valence-corrected chi connectivity index (χ3v) is 15.7. The summed E-state index contributed by atoms with van der Waals surface area (Å²) in [7, 11) is 1.14. The summed E-state index contributed by atoms with van der Waals surface area (Å²) in [6.07, 6.45) is 104. The normalized spacial score (nSPS) is 14.2. The highest BCUT2D eigenvalue weighted by atomic mass is 31.2. The van der Waals surface area contributed by atoms with Crippen molar-refractivity contribution in [1.29, 1.82) is 0 Å². The smallest absolute Gasteiger partial charge is 0.306 e. The molecule has 0 amide bonds. The third kappa shape index (κ3) is 72.4. The average molecular weight is 1270 g/mol. The molecule has 0 spiro atoms. The van der Waals surface area contributed by atoms with E-state index < -0.39 is 32.5 Å². The van der Waals surface area contributed by atoms with Gasteiger partial charge in [0, 0.05) is 12.8 Å². The predicted octanol–water partition coefficient (Wildman–Crippen LogP) is 23.1. The van der Waals surface area contributed by atoms with Gasteiger partial charge >= 0.3 is 11.9 Å². The van der Waals surface area contributed by atoms with E-state index in [9.17, 15) is 19.0 Å². The van der Waals surface area contributed by atoms with Gasteiger partial charge in [0.15, 0.2) is 6.10 Å². The van der Waals surface area contributed by atoms with Gasteiger partial charge in [-0.1, -0.05) is 293 Å². The highest BCUT2D eigenvalue weighted by Crippen LogP contribution is 2.38. The molecule has 0 aliphatic heterocycles. The molecule has 0 bridgehead atoms. The van der Waals surface area contributed by atoms with Gasteiger partial charge in [-0.25, -0.2) is 0 Å². The van der Waals surface area contributed by atoms with Gasteiger partial charge in [0.2, 0.25) is 0 Å². The fraction of sp³-hybridized carbons (Fsp3) is 0.625. The van der Waals surface area contributed by atoms with Crippen molar-refractivity contribution in [2.24, 2.45) is 0 Å². The molecule has 0 aromatic heterocycles. The minimum atomic E-state index is -4.66. The summed E-state index contributed by atoms with van der Waals surface area (Å²) in [5.41, 5.74) is 0. The number of phosphoric acid groups is 1. The van der Waals surface area contributed by atoms with E-state index in [0.29, 0.717) is 17.4 Å². The summed E-state index contributed by atoms with van der Waals surface area (Å²) in [5, 5.41) is 0. The number of quaternary nitrogens is 1. The highest BCUT2D eigenvalue weighted by Gasteiger charge is 2.22. The predicted molar refractivity (Wildman–Crippen MR) is 387 cm³/mol. The SMILES string of the molecule is CC/C=C\C/C=C\C/C=C\C/C=C\C/C=C\C/C=C\C/C=C\C/C=C\C/C=C\C/C=C\C/C=C\CCCCCCCCCC(=O)OC(COC(=O)CCCCCCCCCCCC/C=C\C/C=C\C/C=C\CCCCCCC)COP(=O)([O-])OCC[N+](C)(C)C. The van der Waals surface area contributed by atoms with Crippen molar-refractivity contribution in [2.45, 2.75) is 277 Å². The molecule has 0 N–H and O–H groups in total. The van der Waals surface area contributed by atoms with E-state index in [2.05, 4.69) is 184 Å². The summed E-state index contributed by atoms with van der Waals surface area (Å²) in [6, 6.07) is 0. The first-order valence-corrected chi connectivity index (χ1v) is 37.3. The zero-order chi connectivity index (χ0) is 65.5. The first-order chi connectivity index (χ1) is 44.0. The number of likely N-dealkylation sites (N-methyl/N-ethyl adjacent to an activating group) is 1. The van der Waals surface area contributed by atoms with E-state index in [1.54, 1.807) is 0 Å². The van der Waals surface area contributed by atoms with E-state index in [0.717, 1.165) is 148 Å². The quantitative estimate of drug-likeness (QED) is 0.0195. The number of hydrogen-bond acceptors (Lipinski definition) is 8. The van der Waals surface area contributed by atoms with E-state index in [1.165, 1.54) is 89.9 Å². The van der Waals surface area contributed by atoms with Crippen LogP contribution >= 0.6 is 7.82 Å². The topological polar surface area (TPSA) is 111 Å². The van der Waals surface area contributed by atoms with Crippen LogP contribution in [0.25, 0.3) is 0 Å². The van der Waals surface area contributed by atoms with E-state index in [1.807, 2.05) is 21.1 Å². The van der Waals surface area contributed by atoms with Gasteiger partial charge in [-0.05, 0) is 135 Å². The number of carbonyl (C=O) groups is 2. The van der Waals surface area contributed by atoms with Crippen molar-refractivity contribution in [3.05, 3.63) is 170 Å².